The molecule has 15 heteroatoms. The zero-order valence-corrected chi connectivity index (χ0v) is 42.7. The fourth-order valence-corrected chi connectivity index (χ4v) is 9.69. The van der Waals surface area contributed by atoms with Gasteiger partial charge in [0.05, 0.1) is 56.2 Å². The van der Waals surface area contributed by atoms with E-state index in [0.717, 1.165) is 31.5 Å². The highest BCUT2D eigenvalue weighted by Crippen LogP contribution is 2.35. The van der Waals surface area contributed by atoms with E-state index in [0.29, 0.717) is 45.4 Å². The smallest absolute Gasteiger partial charge is 0.308 e. The third-order valence-electron chi connectivity index (χ3n) is 13.6. The van der Waals surface area contributed by atoms with Gasteiger partial charge in [-0.1, -0.05) is 61.9 Å². The number of carbonyl (C=O) groups is 2. The summed E-state index contributed by atoms with van der Waals surface area (Å²) >= 11 is 2.30. The number of ether oxygens (including phenoxy) is 3. The van der Waals surface area contributed by atoms with E-state index in [9.17, 15) is 30.0 Å². The number of aromatic nitrogens is 3. The summed E-state index contributed by atoms with van der Waals surface area (Å²) < 4.78 is 22.0. The lowest BCUT2D eigenvalue weighted by molar-refractivity contribution is -0.304. The van der Waals surface area contributed by atoms with Gasteiger partial charge in [-0.2, -0.15) is 0 Å². The Kier molecular flexibility index (Phi) is 20.1. The van der Waals surface area contributed by atoms with E-state index < -0.39 is 78.6 Å². The highest BCUT2D eigenvalue weighted by atomic mass is 127. The fraction of sp³-hybridized carbons (Fsp3) is 0.608. The van der Waals surface area contributed by atoms with Crippen LogP contribution in [0.5, 0.6) is 0 Å². The number of benzene rings is 2. The molecule has 2 aliphatic rings. The molecular formula is C51H74IN5O9. The second-order valence-electron chi connectivity index (χ2n) is 19.0. The highest BCUT2D eigenvalue weighted by Gasteiger charge is 2.47. The van der Waals surface area contributed by atoms with Crippen molar-refractivity contribution in [2.24, 2.45) is 23.7 Å². The van der Waals surface area contributed by atoms with Crippen LogP contribution in [0.15, 0.2) is 66.4 Å². The number of rotatable bonds is 14. The van der Waals surface area contributed by atoms with Crippen molar-refractivity contribution in [2.75, 3.05) is 33.8 Å². The normalized spacial score (nSPS) is 30.9. The zero-order chi connectivity index (χ0) is 48.4. The van der Waals surface area contributed by atoms with Crippen molar-refractivity contribution < 1.29 is 44.2 Å². The predicted molar refractivity (Wildman–Crippen MR) is 263 cm³/mol. The van der Waals surface area contributed by atoms with Crippen molar-refractivity contribution in [3.8, 4) is 11.3 Å². The number of allylic oxidation sites excluding steroid dienone is 3. The molecule has 0 spiro atoms. The third-order valence-corrected chi connectivity index (χ3v) is 14.3. The zero-order valence-electron chi connectivity index (χ0n) is 40.5. The van der Waals surface area contributed by atoms with Crippen LogP contribution in [-0.4, -0.2) is 140 Å². The standard InChI is InChI=1S/C51H74IN5O9/c1-11-45-39(29-58)22-30(2)12-17-43(59)34(6)24-38(50(35(7)44(60)26-46(61)65-45)66-51-49(63)47(55(9)10)48(62)36(8)64-51)18-19-56(27-37-13-15-40(52)16-14-37)20-21-57-28-42(53-54-57)41-25-32(4)31(3)23-33(41)5/h12-17,22-23,25,28,34-36,38-39,44-45,47-51,58,60,62-63H,11,18-21,24,26-27,29H2,1-10H3/b17-12+,30-22+/t34-,35+,36-,38+,39-,44-,45-,47?,48-,49?,50-,51+/m1/s1. The first-order valence-corrected chi connectivity index (χ1v) is 24.5. The number of carbonyl (C=O) groups excluding carboxylic acids is 2. The van der Waals surface area contributed by atoms with Crippen molar-refractivity contribution >= 4 is 34.3 Å². The molecule has 5 rings (SSSR count). The molecule has 0 radical (unpaired) electrons. The van der Waals surface area contributed by atoms with E-state index in [1.165, 1.54) is 11.1 Å². The van der Waals surface area contributed by atoms with Gasteiger partial charge in [-0.25, -0.2) is 0 Å². The molecule has 3 heterocycles. The Morgan fingerprint density at radius 1 is 0.939 bits per heavy atom. The molecular weight excluding hydrogens is 953 g/mol. The summed E-state index contributed by atoms with van der Waals surface area (Å²) in [5.41, 5.74) is 7.28. The van der Waals surface area contributed by atoms with Crippen molar-refractivity contribution in [3.05, 3.63) is 92.2 Å². The summed E-state index contributed by atoms with van der Waals surface area (Å²) in [5, 5.41) is 54.2. The first-order chi connectivity index (χ1) is 31.3. The molecule has 0 aliphatic carbocycles. The molecule has 66 heavy (non-hydrogen) atoms. The van der Waals surface area contributed by atoms with Crippen LogP contribution >= 0.6 is 22.6 Å². The average molecular weight is 1030 g/mol. The molecule has 0 bridgehead atoms. The number of aliphatic hydroxyl groups excluding tert-OH is 4. The first kappa shape index (κ1) is 53.6. The number of halogens is 1. The van der Waals surface area contributed by atoms with Crippen LogP contribution in [0.1, 0.15) is 82.6 Å². The van der Waals surface area contributed by atoms with Gasteiger partial charge in [0.15, 0.2) is 12.1 Å². The third kappa shape index (κ3) is 14.3. The molecule has 1 aromatic heterocycles. The van der Waals surface area contributed by atoms with Crippen LogP contribution in [0.2, 0.25) is 0 Å². The topological polar surface area (TPSA) is 180 Å². The number of ketones is 1. The van der Waals surface area contributed by atoms with Gasteiger partial charge < -0.3 is 39.5 Å². The Morgan fingerprint density at radius 2 is 1.64 bits per heavy atom. The lowest BCUT2D eigenvalue weighted by atomic mass is 9.79. The second-order valence-corrected chi connectivity index (χ2v) is 20.3. The lowest BCUT2D eigenvalue weighted by Gasteiger charge is -2.46. The molecule has 2 unspecified atom stereocenters. The van der Waals surface area contributed by atoms with E-state index in [1.54, 1.807) is 38.1 Å². The van der Waals surface area contributed by atoms with E-state index in [1.807, 2.05) is 44.6 Å². The van der Waals surface area contributed by atoms with Gasteiger partial charge in [-0.3, -0.25) is 19.2 Å². The second kappa shape index (κ2) is 24.8. The monoisotopic (exact) mass is 1030 g/mol. The Hall–Kier alpha value is -3.39. The Bertz CT molecular complexity index is 2110. The number of hydrogen-bond donors (Lipinski definition) is 4. The first-order valence-electron chi connectivity index (χ1n) is 23.5. The summed E-state index contributed by atoms with van der Waals surface area (Å²) in [5.74, 6) is -2.82. The minimum atomic E-state index is -1.27. The number of likely N-dealkylation sites (N-methyl/N-ethyl adjacent to an activating group) is 1. The minimum Gasteiger partial charge on any atom is -0.462 e. The van der Waals surface area contributed by atoms with Crippen LogP contribution in [-0.2, 0) is 36.9 Å². The van der Waals surface area contributed by atoms with E-state index in [2.05, 4.69) is 95.0 Å². The molecule has 14 nitrogen and oxygen atoms in total. The van der Waals surface area contributed by atoms with Gasteiger partial charge in [0, 0.05) is 40.0 Å². The molecule has 2 aromatic carbocycles. The number of nitrogens with zero attached hydrogens (tertiary/aromatic N) is 5. The number of esters is 1. The van der Waals surface area contributed by atoms with E-state index in [4.69, 9.17) is 14.2 Å². The molecule has 3 aromatic rings. The fourth-order valence-electron chi connectivity index (χ4n) is 9.33. The van der Waals surface area contributed by atoms with E-state index in [-0.39, 0.29) is 18.8 Å². The maximum Gasteiger partial charge on any atom is 0.308 e. The van der Waals surface area contributed by atoms with Gasteiger partial charge in [-0.05, 0) is 150 Å². The number of cyclic esters (lactones) is 1. The Morgan fingerprint density at radius 3 is 2.30 bits per heavy atom. The van der Waals surface area contributed by atoms with Gasteiger partial charge in [0.2, 0.25) is 0 Å². The number of hydrogen-bond acceptors (Lipinski definition) is 13. The maximum absolute atomic E-state index is 14.0. The molecule has 2 aliphatic heterocycles. The Labute approximate surface area is 405 Å². The molecule has 0 amide bonds. The summed E-state index contributed by atoms with van der Waals surface area (Å²) in [7, 11) is 3.55. The average Bonchev–Trinajstić information content (AvgIpc) is 3.75. The maximum atomic E-state index is 14.0. The molecule has 12 atom stereocenters. The van der Waals surface area contributed by atoms with Crippen LogP contribution in [0, 0.1) is 48.0 Å². The highest BCUT2D eigenvalue weighted by molar-refractivity contribution is 14.1. The van der Waals surface area contributed by atoms with Crippen molar-refractivity contribution in [1.29, 1.82) is 0 Å². The lowest BCUT2D eigenvalue weighted by Crippen LogP contribution is -2.63. The summed E-state index contributed by atoms with van der Waals surface area (Å²) in [6.45, 7) is 17.5. The summed E-state index contributed by atoms with van der Waals surface area (Å²) in [6.07, 6.45) is 1.14. The van der Waals surface area contributed by atoms with Crippen LogP contribution in [0.3, 0.4) is 0 Å². The van der Waals surface area contributed by atoms with Crippen molar-refractivity contribution in [2.45, 2.75) is 143 Å². The van der Waals surface area contributed by atoms with Gasteiger partial charge in [0.1, 0.15) is 17.9 Å². The SMILES string of the molecule is CC[C@H]1OC(=O)C[C@@H](O)[C@H](C)[C@@H](O[C@@H]2O[C@H](C)[C@@H](O)C(N(C)C)C2O)[C@@H](CCN(CCn2cc(-c3cc(C)c(C)cc3C)nn2)Cc2ccc(I)cc2)C[C@@H](C)C(=O)/C=C/C(C)=C/[C@@H]1CO. The van der Waals surface area contributed by atoms with Crippen LogP contribution in [0.25, 0.3) is 11.3 Å². The van der Waals surface area contributed by atoms with Crippen LogP contribution in [0.4, 0.5) is 0 Å². The van der Waals surface area contributed by atoms with E-state index >= 15 is 0 Å². The van der Waals surface area contributed by atoms with Gasteiger partial charge in [-0.15, -0.1) is 5.10 Å². The van der Waals surface area contributed by atoms with Crippen LogP contribution < -0.4 is 0 Å². The molecule has 1 saturated heterocycles. The molecule has 4 N–H and O–H groups in total. The number of aliphatic hydroxyl groups is 4. The van der Waals surface area contributed by atoms with Crippen molar-refractivity contribution in [3.63, 3.8) is 0 Å². The Balaban J connectivity index is 1.52. The molecule has 0 saturated carbocycles. The summed E-state index contributed by atoms with van der Waals surface area (Å²) in [4.78, 5) is 31.7. The molecule has 364 valence electrons. The van der Waals surface area contributed by atoms with Gasteiger partial charge >= 0.3 is 5.97 Å². The predicted octanol–water partition coefficient (Wildman–Crippen LogP) is 6.19. The minimum absolute atomic E-state index is 0.0964. The quantitative estimate of drug-likeness (QED) is 0.106. The molecule has 1 fully saturated rings. The van der Waals surface area contributed by atoms with Crippen molar-refractivity contribution in [1.82, 2.24) is 24.8 Å². The van der Waals surface area contributed by atoms with Gasteiger partial charge in [0.25, 0.3) is 0 Å². The summed E-state index contributed by atoms with van der Waals surface area (Å²) in [6, 6.07) is 12.0. The largest absolute Gasteiger partial charge is 0.462 e. The number of aryl methyl sites for hydroxylation is 3.